The molecule has 0 amide bonds. The topological polar surface area (TPSA) is 30.7 Å². The summed E-state index contributed by atoms with van der Waals surface area (Å²) in [5, 5.41) is 4.24. The van der Waals surface area contributed by atoms with E-state index < -0.39 is 0 Å². The summed E-state index contributed by atoms with van der Waals surface area (Å²) in [5.74, 6) is 0.527. The van der Waals surface area contributed by atoms with Crippen molar-refractivity contribution in [3.8, 4) is 11.3 Å². The quantitative estimate of drug-likeness (QED) is 0.771. The van der Waals surface area contributed by atoms with Gasteiger partial charge in [-0.2, -0.15) is 5.10 Å². The minimum absolute atomic E-state index is 0.527. The molecule has 2 aromatic rings. The molecular weight excluding hydrogens is 198 g/mol. The highest BCUT2D eigenvalue weighted by Crippen LogP contribution is 2.23. The SMILES string of the molecule is Cc1c(-c2cc(C(C)C)ccn2)cnn1C. The van der Waals surface area contributed by atoms with Gasteiger partial charge in [0.25, 0.3) is 0 Å². The van der Waals surface area contributed by atoms with Crippen molar-refractivity contribution in [1.29, 1.82) is 0 Å². The van der Waals surface area contributed by atoms with Crippen LogP contribution in [-0.4, -0.2) is 14.8 Å². The predicted octanol–water partition coefficient (Wildman–Crippen LogP) is 2.91. The lowest BCUT2D eigenvalue weighted by atomic mass is 10.0. The van der Waals surface area contributed by atoms with Crippen LogP contribution in [0.3, 0.4) is 0 Å². The van der Waals surface area contributed by atoms with E-state index in [4.69, 9.17) is 0 Å². The summed E-state index contributed by atoms with van der Waals surface area (Å²) in [6, 6.07) is 4.22. The molecule has 2 aromatic heterocycles. The van der Waals surface area contributed by atoms with Gasteiger partial charge in [0.05, 0.1) is 11.9 Å². The van der Waals surface area contributed by atoms with E-state index in [0.717, 1.165) is 17.0 Å². The first-order valence-corrected chi connectivity index (χ1v) is 5.54. The van der Waals surface area contributed by atoms with Gasteiger partial charge in [-0.3, -0.25) is 9.67 Å². The fourth-order valence-corrected chi connectivity index (χ4v) is 1.70. The summed E-state index contributed by atoms with van der Waals surface area (Å²) in [6.07, 6.45) is 3.75. The number of pyridine rings is 1. The Morgan fingerprint density at radius 1 is 1.31 bits per heavy atom. The van der Waals surface area contributed by atoms with Gasteiger partial charge in [-0.1, -0.05) is 13.8 Å². The summed E-state index contributed by atoms with van der Waals surface area (Å²) < 4.78 is 1.87. The van der Waals surface area contributed by atoms with Crippen molar-refractivity contribution in [3.05, 3.63) is 35.8 Å². The van der Waals surface area contributed by atoms with Gasteiger partial charge in [-0.05, 0) is 30.5 Å². The van der Waals surface area contributed by atoms with Crippen molar-refractivity contribution in [1.82, 2.24) is 14.8 Å². The van der Waals surface area contributed by atoms with Crippen molar-refractivity contribution < 1.29 is 0 Å². The molecule has 0 saturated heterocycles. The minimum atomic E-state index is 0.527. The Morgan fingerprint density at radius 2 is 2.06 bits per heavy atom. The van der Waals surface area contributed by atoms with Gasteiger partial charge in [0, 0.05) is 24.5 Å². The van der Waals surface area contributed by atoms with Crippen molar-refractivity contribution >= 4 is 0 Å². The summed E-state index contributed by atoms with van der Waals surface area (Å²) in [7, 11) is 1.95. The Bertz CT molecular complexity index is 498. The summed E-state index contributed by atoms with van der Waals surface area (Å²) in [5.41, 5.74) is 4.59. The maximum absolute atomic E-state index is 4.41. The van der Waals surface area contributed by atoms with Crippen LogP contribution in [0.1, 0.15) is 31.0 Å². The van der Waals surface area contributed by atoms with Gasteiger partial charge in [0.2, 0.25) is 0 Å². The summed E-state index contributed by atoms with van der Waals surface area (Å²) in [6.45, 7) is 6.44. The smallest absolute Gasteiger partial charge is 0.0739 e. The van der Waals surface area contributed by atoms with Gasteiger partial charge < -0.3 is 0 Å². The highest BCUT2D eigenvalue weighted by atomic mass is 15.3. The third-order valence-electron chi connectivity index (χ3n) is 2.96. The lowest BCUT2D eigenvalue weighted by Gasteiger charge is -2.07. The molecular formula is C13H17N3. The molecule has 0 atom stereocenters. The second kappa shape index (κ2) is 4.08. The van der Waals surface area contributed by atoms with E-state index in [1.54, 1.807) is 0 Å². The van der Waals surface area contributed by atoms with Crippen LogP contribution in [0.4, 0.5) is 0 Å². The zero-order chi connectivity index (χ0) is 11.7. The van der Waals surface area contributed by atoms with E-state index >= 15 is 0 Å². The first-order chi connectivity index (χ1) is 7.59. The van der Waals surface area contributed by atoms with Crippen LogP contribution >= 0.6 is 0 Å². The van der Waals surface area contributed by atoms with Crippen LogP contribution in [0.15, 0.2) is 24.5 Å². The molecule has 0 aromatic carbocycles. The Balaban J connectivity index is 2.48. The zero-order valence-electron chi connectivity index (χ0n) is 10.2. The molecule has 0 aliphatic rings. The van der Waals surface area contributed by atoms with E-state index in [9.17, 15) is 0 Å². The number of nitrogens with zero attached hydrogens (tertiary/aromatic N) is 3. The first-order valence-electron chi connectivity index (χ1n) is 5.54. The minimum Gasteiger partial charge on any atom is -0.272 e. The molecule has 0 saturated carbocycles. The number of hydrogen-bond acceptors (Lipinski definition) is 2. The van der Waals surface area contributed by atoms with Crippen LogP contribution < -0.4 is 0 Å². The number of aryl methyl sites for hydroxylation is 1. The van der Waals surface area contributed by atoms with Gasteiger partial charge in [-0.15, -0.1) is 0 Å². The summed E-state index contributed by atoms with van der Waals surface area (Å²) >= 11 is 0. The number of rotatable bonds is 2. The Morgan fingerprint density at radius 3 is 2.62 bits per heavy atom. The third kappa shape index (κ3) is 1.85. The second-order valence-electron chi connectivity index (χ2n) is 4.40. The van der Waals surface area contributed by atoms with Gasteiger partial charge >= 0.3 is 0 Å². The Hall–Kier alpha value is -1.64. The molecule has 0 bridgehead atoms. The fraction of sp³-hybridized carbons (Fsp3) is 0.385. The maximum Gasteiger partial charge on any atom is 0.0739 e. The molecule has 0 radical (unpaired) electrons. The van der Waals surface area contributed by atoms with Crippen molar-refractivity contribution in [2.45, 2.75) is 26.7 Å². The molecule has 0 N–H and O–H groups in total. The van der Waals surface area contributed by atoms with E-state index in [1.165, 1.54) is 5.56 Å². The maximum atomic E-state index is 4.41. The van der Waals surface area contributed by atoms with Crippen LogP contribution in [0.25, 0.3) is 11.3 Å². The van der Waals surface area contributed by atoms with Crippen molar-refractivity contribution in [2.75, 3.05) is 0 Å². The van der Waals surface area contributed by atoms with Crippen LogP contribution in [0.2, 0.25) is 0 Å². The normalized spacial score (nSPS) is 11.1. The molecule has 0 aliphatic carbocycles. The first kappa shape index (κ1) is 10.9. The molecule has 84 valence electrons. The van der Waals surface area contributed by atoms with Gasteiger partial charge in [0.15, 0.2) is 0 Å². The van der Waals surface area contributed by atoms with Crippen molar-refractivity contribution in [2.24, 2.45) is 7.05 Å². The average molecular weight is 215 g/mol. The van der Waals surface area contributed by atoms with Crippen LogP contribution in [-0.2, 0) is 7.05 Å². The largest absolute Gasteiger partial charge is 0.272 e. The molecule has 2 rings (SSSR count). The zero-order valence-corrected chi connectivity index (χ0v) is 10.2. The number of aromatic nitrogens is 3. The predicted molar refractivity (Wildman–Crippen MR) is 65.3 cm³/mol. The van der Waals surface area contributed by atoms with Gasteiger partial charge in [0.1, 0.15) is 0 Å². The third-order valence-corrected chi connectivity index (χ3v) is 2.96. The Labute approximate surface area is 96.1 Å². The monoisotopic (exact) mass is 215 g/mol. The highest BCUT2D eigenvalue weighted by Gasteiger charge is 2.09. The molecule has 2 heterocycles. The van der Waals surface area contributed by atoms with E-state index in [0.29, 0.717) is 5.92 Å². The molecule has 0 aliphatic heterocycles. The molecule has 0 spiro atoms. The molecule has 16 heavy (non-hydrogen) atoms. The fourth-order valence-electron chi connectivity index (χ4n) is 1.70. The molecule has 0 fully saturated rings. The van der Waals surface area contributed by atoms with Crippen LogP contribution in [0.5, 0.6) is 0 Å². The Kier molecular flexibility index (Phi) is 2.77. The van der Waals surface area contributed by atoms with Crippen LogP contribution in [0, 0.1) is 6.92 Å². The highest BCUT2D eigenvalue weighted by molar-refractivity contribution is 5.61. The lowest BCUT2D eigenvalue weighted by Crippen LogP contribution is -1.94. The van der Waals surface area contributed by atoms with Crippen molar-refractivity contribution in [3.63, 3.8) is 0 Å². The standard InChI is InChI=1S/C13H17N3/c1-9(2)11-5-6-14-13(7-11)12-8-15-16(4)10(12)3/h5-9H,1-4H3. The average Bonchev–Trinajstić information content (AvgIpc) is 2.60. The molecule has 0 unspecified atom stereocenters. The van der Waals surface area contributed by atoms with E-state index in [2.05, 4.69) is 43.0 Å². The van der Waals surface area contributed by atoms with Gasteiger partial charge in [-0.25, -0.2) is 0 Å². The number of hydrogen-bond donors (Lipinski definition) is 0. The summed E-state index contributed by atoms with van der Waals surface area (Å²) in [4.78, 5) is 4.41. The lowest BCUT2D eigenvalue weighted by molar-refractivity contribution is 0.740. The van der Waals surface area contributed by atoms with E-state index in [-0.39, 0.29) is 0 Å². The molecule has 3 heteroatoms. The second-order valence-corrected chi connectivity index (χ2v) is 4.40. The van der Waals surface area contributed by atoms with E-state index in [1.807, 2.05) is 24.1 Å². The molecule has 3 nitrogen and oxygen atoms in total.